The summed E-state index contributed by atoms with van der Waals surface area (Å²) >= 11 is 0. The Kier molecular flexibility index (Phi) is 5.22. The maximum absolute atomic E-state index is 9.55. The molecule has 0 radical (unpaired) electrons. The van der Waals surface area contributed by atoms with Gasteiger partial charge in [-0.2, -0.15) is 10.5 Å². The predicted molar refractivity (Wildman–Crippen MR) is 167 cm³/mol. The monoisotopic (exact) mass is 536 g/mol. The van der Waals surface area contributed by atoms with E-state index in [-0.39, 0.29) is 0 Å². The van der Waals surface area contributed by atoms with Crippen LogP contribution in [-0.4, -0.2) is 0 Å². The van der Waals surface area contributed by atoms with Crippen molar-refractivity contribution in [3.63, 3.8) is 0 Å². The van der Waals surface area contributed by atoms with Gasteiger partial charge in [0.1, 0.15) is 22.3 Å². The van der Waals surface area contributed by atoms with Crippen molar-refractivity contribution in [1.29, 1.82) is 10.5 Å². The third-order valence-corrected chi connectivity index (χ3v) is 7.90. The fourth-order valence-electron chi connectivity index (χ4n) is 5.83. The van der Waals surface area contributed by atoms with E-state index in [9.17, 15) is 10.5 Å². The van der Waals surface area contributed by atoms with Crippen molar-refractivity contribution >= 4 is 43.9 Å². The number of nitrogens with zero attached hydrogens (tertiary/aromatic N) is 2. The van der Waals surface area contributed by atoms with Gasteiger partial charge in [-0.25, -0.2) is 0 Å². The van der Waals surface area contributed by atoms with Gasteiger partial charge in [-0.3, -0.25) is 0 Å². The number of fused-ring (bicyclic) bond motifs is 6. The van der Waals surface area contributed by atoms with Crippen molar-refractivity contribution in [2.45, 2.75) is 0 Å². The Hall–Kier alpha value is -6.10. The van der Waals surface area contributed by atoms with E-state index in [2.05, 4.69) is 66.7 Å². The molecule has 194 valence electrons. The van der Waals surface area contributed by atoms with Crippen molar-refractivity contribution in [3.8, 4) is 45.5 Å². The number of para-hydroxylation sites is 1. The first-order valence-electron chi connectivity index (χ1n) is 13.6. The molecule has 6 aromatic carbocycles. The third kappa shape index (κ3) is 3.83. The minimum atomic E-state index is 0.596. The van der Waals surface area contributed by atoms with Crippen LogP contribution in [0.3, 0.4) is 0 Å². The van der Waals surface area contributed by atoms with Crippen molar-refractivity contribution < 1.29 is 8.83 Å². The molecule has 2 heterocycles. The highest BCUT2D eigenvalue weighted by molar-refractivity contribution is 6.07. The number of rotatable bonds is 3. The molecule has 0 saturated carbocycles. The minimum absolute atomic E-state index is 0.596. The number of benzene rings is 6. The smallest absolute Gasteiger partial charge is 0.136 e. The molecule has 0 amide bonds. The van der Waals surface area contributed by atoms with Crippen LogP contribution in [0.2, 0.25) is 0 Å². The van der Waals surface area contributed by atoms with E-state index in [0.717, 1.165) is 77.3 Å². The molecule has 42 heavy (non-hydrogen) atoms. The first kappa shape index (κ1) is 23.8. The number of hydrogen-bond donors (Lipinski definition) is 0. The molecule has 0 saturated heterocycles. The van der Waals surface area contributed by atoms with Gasteiger partial charge in [0.05, 0.1) is 23.3 Å². The largest absolute Gasteiger partial charge is 0.456 e. The summed E-state index contributed by atoms with van der Waals surface area (Å²) in [4.78, 5) is 0. The van der Waals surface area contributed by atoms with Crippen LogP contribution >= 0.6 is 0 Å². The van der Waals surface area contributed by atoms with Crippen LogP contribution in [0.4, 0.5) is 0 Å². The van der Waals surface area contributed by atoms with Gasteiger partial charge in [0.2, 0.25) is 0 Å². The quantitative estimate of drug-likeness (QED) is 0.225. The van der Waals surface area contributed by atoms with Crippen LogP contribution in [0.1, 0.15) is 11.1 Å². The van der Waals surface area contributed by atoms with Crippen LogP contribution in [0.15, 0.2) is 130 Å². The Morgan fingerprint density at radius 2 is 0.929 bits per heavy atom. The summed E-state index contributed by atoms with van der Waals surface area (Å²) < 4.78 is 12.3. The Morgan fingerprint density at radius 3 is 1.71 bits per heavy atom. The minimum Gasteiger partial charge on any atom is -0.456 e. The number of hydrogen-bond acceptors (Lipinski definition) is 4. The van der Waals surface area contributed by atoms with E-state index >= 15 is 0 Å². The van der Waals surface area contributed by atoms with Gasteiger partial charge in [0.15, 0.2) is 0 Å². The molecule has 0 aliphatic carbocycles. The van der Waals surface area contributed by atoms with Gasteiger partial charge < -0.3 is 8.83 Å². The van der Waals surface area contributed by atoms with Gasteiger partial charge in [-0.1, -0.05) is 42.5 Å². The van der Waals surface area contributed by atoms with Gasteiger partial charge in [-0.15, -0.1) is 0 Å². The third-order valence-electron chi connectivity index (χ3n) is 7.90. The fraction of sp³-hybridized carbons (Fsp3) is 0. The lowest BCUT2D eigenvalue weighted by Gasteiger charge is -2.12. The molecule has 0 fully saturated rings. The topological polar surface area (TPSA) is 73.9 Å². The molecule has 0 bridgehead atoms. The molecule has 0 unspecified atom stereocenters. The molecule has 0 N–H and O–H groups in total. The van der Waals surface area contributed by atoms with E-state index in [4.69, 9.17) is 8.83 Å². The molecule has 0 atom stereocenters. The summed E-state index contributed by atoms with van der Waals surface area (Å²) in [6.45, 7) is 0. The lowest BCUT2D eigenvalue weighted by Crippen LogP contribution is -1.87. The molecule has 4 nitrogen and oxygen atoms in total. The SMILES string of the molecule is N#Cc1cccc(-c2cc(-c3ccc4c(c3)oc3ccccc34)cc(-c3ccc4oc5ccc(C#N)cc5c4c3)c2)c1. The van der Waals surface area contributed by atoms with Crippen LogP contribution in [-0.2, 0) is 0 Å². The normalized spacial score (nSPS) is 11.3. The van der Waals surface area contributed by atoms with Gasteiger partial charge in [0.25, 0.3) is 0 Å². The summed E-state index contributed by atoms with van der Waals surface area (Å²) in [5, 5.41) is 23.1. The maximum Gasteiger partial charge on any atom is 0.136 e. The second-order valence-electron chi connectivity index (χ2n) is 10.4. The summed E-state index contributed by atoms with van der Waals surface area (Å²) in [7, 11) is 0. The van der Waals surface area contributed by atoms with Gasteiger partial charge in [-0.05, 0) is 112 Å². The first-order chi connectivity index (χ1) is 20.7. The average molecular weight is 537 g/mol. The van der Waals surface area contributed by atoms with Crippen LogP contribution in [0.25, 0.3) is 77.3 Å². The molecule has 0 spiro atoms. The lowest BCUT2D eigenvalue weighted by molar-refractivity contribution is 0.668. The molecular weight excluding hydrogens is 516 g/mol. The summed E-state index contributed by atoms with van der Waals surface area (Å²) in [6, 6.07) is 44.8. The molecular formula is C38H20N2O2. The molecule has 0 aliphatic rings. The summed E-state index contributed by atoms with van der Waals surface area (Å²) in [6.07, 6.45) is 0. The van der Waals surface area contributed by atoms with Crippen LogP contribution in [0, 0.1) is 22.7 Å². The Labute approximate surface area is 240 Å². The van der Waals surface area contributed by atoms with Crippen molar-refractivity contribution in [1.82, 2.24) is 0 Å². The lowest BCUT2D eigenvalue weighted by atomic mass is 9.92. The van der Waals surface area contributed by atoms with E-state index in [0.29, 0.717) is 11.1 Å². The molecule has 8 aromatic rings. The maximum atomic E-state index is 9.55. The Bertz CT molecular complexity index is 2450. The molecule has 4 heteroatoms. The molecule has 0 aliphatic heterocycles. The zero-order valence-corrected chi connectivity index (χ0v) is 22.3. The fourth-order valence-corrected chi connectivity index (χ4v) is 5.83. The highest BCUT2D eigenvalue weighted by atomic mass is 16.3. The summed E-state index contributed by atoms with van der Waals surface area (Å²) in [5.74, 6) is 0. The number of furan rings is 2. The van der Waals surface area contributed by atoms with Crippen molar-refractivity contribution in [3.05, 3.63) is 132 Å². The first-order valence-corrected chi connectivity index (χ1v) is 13.6. The van der Waals surface area contributed by atoms with Crippen LogP contribution in [0.5, 0.6) is 0 Å². The zero-order chi connectivity index (χ0) is 28.2. The highest BCUT2D eigenvalue weighted by Gasteiger charge is 2.14. The average Bonchev–Trinajstić information content (AvgIpc) is 3.61. The second kappa shape index (κ2) is 9.24. The van der Waals surface area contributed by atoms with E-state index < -0.39 is 0 Å². The molecule has 8 rings (SSSR count). The predicted octanol–water partition coefficient (Wildman–Crippen LogP) is 10.2. The standard InChI is InChI=1S/C38H20N2O2/c39-21-23-4-3-5-25(14-23)28-16-29(26-10-13-37-34(19-26)33-15-24(22-40)8-12-36(33)41-37)18-30(17-28)27-9-11-32-31-6-1-2-7-35(31)42-38(32)20-27/h1-20H. The number of nitriles is 2. The second-order valence-corrected chi connectivity index (χ2v) is 10.4. The van der Waals surface area contributed by atoms with Crippen LogP contribution < -0.4 is 0 Å². The van der Waals surface area contributed by atoms with E-state index in [1.807, 2.05) is 60.7 Å². The van der Waals surface area contributed by atoms with Gasteiger partial charge >= 0.3 is 0 Å². The Balaban J connectivity index is 1.34. The molecule has 2 aromatic heterocycles. The Morgan fingerprint density at radius 1 is 0.357 bits per heavy atom. The zero-order valence-electron chi connectivity index (χ0n) is 22.3. The van der Waals surface area contributed by atoms with E-state index in [1.165, 1.54) is 0 Å². The van der Waals surface area contributed by atoms with Crippen molar-refractivity contribution in [2.24, 2.45) is 0 Å². The van der Waals surface area contributed by atoms with Gasteiger partial charge in [0, 0.05) is 21.5 Å². The highest BCUT2D eigenvalue weighted by Crippen LogP contribution is 2.38. The van der Waals surface area contributed by atoms with E-state index in [1.54, 1.807) is 6.07 Å². The van der Waals surface area contributed by atoms with Crippen molar-refractivity contribution in [2.75, 3.05) is 0 Å². The summed E-state index contributed by atoms with van der Waals surface area (Å²) in [5.41, 5.74) is 10.6.